The highest BCUT2D eigenvalue weighted by Gasteiger charge is 2.51. The Morgan fingerprint density at radius 2 is 2.17 bits per heavy atom. The average Bonchev–Trinajstić information content (AvgIpc) is 3.03. The molecule has 2 heterocycles. The van der Waals surface area contributed by atoms with Gasteiger partial charge in [0.1, 0.15) is 13.7 Å². The number of halogens is 2. The molecule has 0 amide bonds. The normalized spacial score (nSPS) is 15.8. The summed E-state index contributed by atoms with van der Waals surface area (Å²) in [4.78, 5) is 4.46. The molecule has 23 heavy (non-hydrogen) atoms. The van der Waals surface area contributed by atoms with Gasteiger partial charge in [-0.15, -0.1) is 0 Å². The summed E-state index contributed by atoms with van der Waals surface area (Å²) in [6.45, 7) is 1.82. The van der Waals surface area contributed by atoms with Crippen LogP contribution in [0.1, 0.15) is 29.8 Å². The Kier molecular flexibility index (Phi) is 3.09. The number of nitrogens with zero attached hydrogens (tertiary/aromatic N) is 3. The van der Waals surface area contributed by atoms with Crippen molar-refractivity contribution in [3.05, 3.63) is 46.0 Å². The second-order valence-corrected chi connectivity index (χ2v) is 6.15. The molecule has 1 aliphatic rings. The van der Waals surface area contributed by atoms with E-state index in [0.29, 0.717) is 28.0 Å². The van der Waals surface area contributed by atoms with E-state index >= 15 is 0 Å². The van der Waals surface area contributed by atoms with Crippen LogP contribution in [0.4, 0.5) is 4.39 Å². The summed E-state index contributed by atoms with van der Waals surface area (Å²) in [6, 6.07) is 4.37. The highest BCUT2D eigenvalue weighted by molar-refractivity contribution is 6.32. The minimum absolute atomic E-state index is 0.301. The van der Waals surface area contributed by atoms with Gasteiger partial charge in [0.05, 0.1) is 5.41 Å². The number of hydrogen-bond acceptors (Lipinski definition) is 4. The first-order valence-corrected chi connectivity index (χ1v) is 7.49. The van der Waals surface area contributed by atoms with E-state index < -0.39 is 5.41 Å². The maximum Gasteiger partial charge on any atom is 0.278 e. The third-order valence-electron chi connectivity index (χ3n) is 4.30. The first kappa shape index (κ1) is 14.4. The molecule has 0 unspecified atom stereocenters. The number of H-pyrrole nitrogens is 1. The molecule has 0 aliphatic heterocycles. The van der Waals surface area contributed by atoms with Crippen LogP contribution in [0.5, 0.6) is 0 Å². The van der Waals surface area contributed by atoms with Crippen LogP contribution in [0, 0.1) is 12.7 Å². The topological polar surface area (TPSA) is 67.6 Å². The van der Waals surface area contributed by atoms with E-state index in [-0.39, 0.29) is 5.82 Å². The van der Waals surface area contributed by atoms with Crippen molar-refractivity contribution in [2.24, 2.45) is 0 Å². The summed E-state index contributed by atoms with van der Waals surface area (Å²) in [6.07, 6.45) is 1.66. The van der Waals surface area contributed by atoms with Gasteiger partial charge in [-0.1, -0.05) is 22.8 Å². The molecule has 5 nitrogen and oxygen atoms in total. The lowest BCUT2D eigenvalue weighted by molar-refractivity contribution is 0.416. The number of aromatic nitrogens is 4. The molecular weight excluding hydrogens is 317 g/mol. The molecule has 2 aromatic heterocycles. The average molecular weight is 329 g/mol. The molecule has 0 saturated heterocycles. The van der Waals surface area contributed by atoms with Crippen molar-refractivity contribution >= 4 is 25.0 Å². The van der Waals surface area contributed by atoms with Crippen LogP contribution in [0.25, 0.3) is 11.6 Å². The Balaban J connectivity index is 1.75. The Labute approximate surface area is 137 Å². The maximum absolute atomic E-state index is 13.3. The van der Waals surface area contributed by atoms with Crippen molar-refractivity contribution in [2.45, 2.75) is 25.2 Å². The molecule has 4 rings (SSSR count). The second-order valence-electron chi connectivity index (χ2n) is 5.74. The molecule has 2 radical (unpaired) electrons. The zero-order chi connectivity index (χ0) is 16.2. The standard InChI is InChI=1S/C15H11BClFN4O/c1-7-11(20-21-12(7)16)13-19-14(22-23-13)15(4-5-15)9-3-2-8(18)6-10(9)17/h2-3,6H,4-5H2,1H3,(H,20,21). The van der Waals surface area contributed by atoms with Gasteiger partial charge in [-0.2, -0.15) is 10.1 Å². The van der Waals surface area contributed by atoms with Crippen LogP contribution >= 0.6 is 11.6 Å². The molecule has 0 spiro atoms. The van der Waals surface area contributed by atoms with Crippen LogP contribution in [0.3, 0.4) is 0 Å². The van der Waals surface area contributed by atoms with Crippen LogP contribution in [-0.2, 0) is 5.41 Å². The van der Waals surface area contributed by atoms with Gasteiger partial charge in [0, 0.05) is 5.02 Å². The third-order valence-corrected chi connectivity index (χ3v) is 4.61. The van der Waals surface area contributed by atoms with E-state index in [9.17, 15) is 4.39 Å². The molecule has 1 fully saturated rings. The van der Waals surface area contributed by atoms with Gasteiger partial charge in [-0.05, 0) is 48.6 Å². The van der Waals surface area contributed by atoms with E-state index in [0.717, 1.165) is 24.0 Å². The maximum atomic E-state index is 13.3. The fourth-order valence-electron chi connectivity index (χ4n) is 2.75. The lowest BCUT2D eigenvalue weighted by Crippen LogP contribution is -2.11. The van der Waals surface area contributed by atoms with Gasteiger partial charge in [-0.25, -0.2) is 4.39 Å². The first-order chi connectivity index (χ1) is 11.0. The first-order valence-electron chi connectivity index (χ1n) is 7.12. The minimum atomic E-state index is -0.414. The summed E-state index contributed by atoms with van der Waals surface area (Å²) in [5.41, 5.74) is 2.14. The molecule has 1 saturated carbocycles. The van der Waals surface area contributed by atoms with Crippen molar-refractivity contribution in [1.29, 1.82) is 0 Å². The summed E-state index contributed by atoms with van der Waals surface area (Å²) in [5, 5.41) is 11.2. The molecule has 0 atom stereocenters. The van der Waals surface area contributed by atoms with Crippen LogP contribution < -0.4 is 5.59 Å². The number of hydrogen-bond donors (Lipinski definition) is 1. The largest absolute Gasteiger partial charge is 0.332 e. The highest BCUT2D eigenvalue weighted by Crippen LogP contribution is 2.54. The van der Waals surface area contributed by atoms with Gasteiger partial charge >= 0.3 is 0 Å². The SMILES string of the molecule is [B]c1[nH]nc(-c2nc(C3(c4ccc(F)cc4Cl)CC3)no2)c1C. The van der Waals surface area contributed by atoms with Gasteiger partial charge < -0.3 is 4.52 Å². The summed E-state index contributed by atoms with van der Waals surface area (Å²) >= 11 is 6.20. The van der Waals surface area contributed by atoms with Gasteiger partial charge in [-0.3, -0.25) is 5.10 Å². The van der Waals surface area contributed by atoms with E-state index in [1.165, 1.54) is 12.1 Å². The predicted molar refractivity (Wildman–Crippen MR) is 83.4 cm³/mol. The van der Waals surface area contributed by atoms with E-state index in [1.54, 1.807) is 6.07 Å². The molecule has 8 heteroatoms. The Hall–Kier alpha value is -2.15. The monoisotopic (exact) mass is 328 g/mol. The van der Waals surface area contributed by atoms with E-state index in [2.05, 4.69) is 20.3 Å². The van der Waals surface area contributed by atoms with Gasteiger partial charge in [0.15, 0.2) is 11.5 Å². The van der Waals surface area contributed by atoms with Crippen LogP contribution in [-0.4, -0.2) is 28.2 Å². The highest BCUT2D eigenvalue weighted by atomic mass is 35.5. The molecular formula is C15H11BClFN4O. The lowest BCUT2D eigenvalue weighted by Gasteiger charge is -2.12. The van der Waals surface area contributed by atoms with Gasteiger partial charge in [0.2, 0.25) is 0 Å². The summed E-state index contributed by atoms with van der Waals surface area (Å²) in [5.74, 6) is 0.461. The van der Waals surface area contributed by atoms with E-state index in [4.69, 9.17) is 24.0 Å². The fraction of sp³-hybridized carbons (Fsp3) is 0.267. The summed E-state index contributed by atoms with van der Waals surface area (Å²) in [7, 11) is 5.75. The van der Waals surface area contributed by atoms with Crippen LogP contribution in [0.2, 0.25) is 5.02 Å². The van der Waals surface area contributed by atoms with Crippen molar-refractivity contribution in [2.75, 3.05) is 0 Å². The van der Waals surface area contributed by atoms with E-state index in [1.807, 2.05) is 6.92 Å². The molecule has 1 aliphatic carbocycles. The lowest BCUT2D eigenvalue weighted by atomic mass is 9.95. The second kappa shape index (κ2) is 4.93. The number of aromatic amines is 1. The quantitative estimate of drug-likeness (QED) is 0.750. The molecule has 1 N–H and O–H groups in total. The predicted octanol–water partition coefficient (Wildman–Crippen LogP) is 2.43. The van der Waals surface area contributed by atoms with Crippen molar-refractivity contribution in [1.82, 2.24) is 20.3 Å². The van der Waals surface area contributed by atoms with Crippen molar-refractivity contribution < 1.29 is 8.91 Å². The molecule has 114 valence electrons. The Bertz CT molecular complexity index is 903. The number of benzene rings is 1. The molecule has 0 bridgehead atoms. The minimum Gasteiger partial charge on any atom is -0.332 e. The molecule has 3 aromatic rings. The third kappa shape index (κ3) is 2.18. The fourth-order valence-corrected chi connectivity index (χ4v) is 3.10. The Morgan fingerprint density at radius 1 is 1.39 bits per heavy atom. The summed E-state index contributed by atoms with van der Waals surface area (Å²) < 4.78 is 18.6. The van der Waals surface area contributed by atoms with Crippen molar-refractivity contribution in [3.8, 4) is 11.6 Å². The number of nitrogens with one attached hydrogen (secondary N) is 1. The van der Waals surface area contributed by atoms with Gasteiger partial charge in [0.25, 0.3) is 5.89 Å². The van der Waals surface area contributed by atoms with Crippen molar-refractivity contribution in [3.63, 3.8) is 0 Å². The van der Waals surface area contributed by atoms with Crippen LogP contribution in [0.15, 0.2) is 22.7 Å². The zero-order valence-electron chi connectivity index (χ0n) is 12.2. The smallest absolute Gasteiger partial charge is 0.278 e. The number of rotatable bonds is 3. The molecule has 1 aromatic carbocycles. The Morgan fingerprint density at radius 3 is 2.78 bits per heavy atom. The zero-order valence-corrected chi connectivity index (χ0v) is 13.0.